The van der Waals surface area contributed by atoms with Crippen LogP contribution in [0.2, 0.25) is 0 Å². The maximum absolute atomic E-state index is 11.0. The Balaban J connectivity index is 2.38. The summed E-state index contributed by atoms with van der Waals surface area (Å²) in [5, 5.41) is 0. The van der Waals surface area contributed by atoms with Crippen LogP contribution in [0, 0.1) is 13.8 Å². The smallest absolute Gasteiger partial charge is 0.168 e. The first-order valence-electron chi connectivity index (χ1n) is 5.25. The summed E-state index contributed by atoms with van der Waals surface area (Å²) in [6, 6.07) is 10.1. The van der Waals surface area contributed by atoms with Gasteiger partial charge in [0.2, 0.25) is 0 Å². The van der Waals surface area contributed by atoms with E-state index in [1.54, 1.807) is 0 Å². The minimum absolute atomic E-state index is 0.668. The SMILES string of the molecule is Cc1nc(C)n(Cc2ccccc2)c1C=O. The molecule has 0 saturated carbocycles. The summed E-state index contributed by atoms with van der Waals surface area (Å²) in [5.74, 6) is 0.878. The Bertz CT molecular complexity index is 500. The van der Waals surface area contributed by atoms with E-state index in [2.05, 4.69) is 4.98 Å². The summed E-state index contributed by atoms with van der Waals surface area (Å²) in [6.45, 7) is 4.47. The summed E-state index contributed by atoms with van der Waals surface area (Å²) < 4.78 is 1.94. The lowest BCUT2D eigenvalue weighted by Crippen LogP contribution is -2.06. The molecular weight excluding hydrogens is 200 g/mol. The average Bonchev–Trinajstić information content (AvgIpc) is 2.55. The van der Waals surface area contributed by atoms with Gasteiger partial charge in [0.15, 0.2) is 6.29 Å². The van der Waals surface area contributed by atoms with Gasteiger partial charge < -0.3 is 4.57 Å². The molecule has 0 radical (unpaired) electrons. The molecular formula is C13H14N2O. The molecule has 0 amide bonds. The van der Waals surface area contributed by atoms with Crippen molar-refractivity contribution in [3.8, 4) is 0 Å². The van der Waals surface area contributed by atoms with Crippen LogP contribution in [0.25, 0.3) is 0 Å². The Labute approximate surface area is 94.7 Å². The fraction of sp³-hybridized carbons (Fsp3) is 0.231. The molecule has 0 unspecified atom stereocenters. The van der Waals surface area contributed by atoms with Crippen LogP contribution in [0.3, 0.4) is 0 Å². The van der Waals surface area contributed by atoms with Gasteiger partial charge in [-0.25, -0.2) is 4.98 Å². The van der Waals surface area contributed by atoms with Crippen molar-refractivity contribution in [3.63, 3.8) is 0 Å². The number of carbonyl (C=O) groups is 1. The van der Waals surface area contributed by atoms with Gasteiger partial charge in [0, 0.05) is 6.54 Å². The largest absolute Gasteiger partial charge is 0.321 e. The molecule has 3 nitrogen and oxygen atoms in total. The molecule has 0 bridgehead atoms. The standard InChI is InChI=1S/C13H14N2O/c1-10-13(9-16)15(11(2)14-10)8-12-6-4-3-5-7-12/h3-7,9H,8H2,1-2H3. The highest BCUT2D eigenvalue weighted by Gasteiger charge is 2.10. The molecule has 0 spiro atoms. The van der Waals surface area contributed by atoms with Crippen LogP contribution in [-0.4, -0.2) is 15.8 Å². The minimum atomic E-state index is 0.668. The van der Waals surface area contributed by atoms with Crippen LogP contribution in [0.4, 0.5) is 0 Å². The molecule has 0 fully saturated rings. The second kappa shape index (κ2) is 4.31. The molecule has 1 heterocycles. The van der Waals surface area contributed by atoms with E-state index >= 15 is 0 Å². The first-order chi connectivity index (χ1) is 7.72. The summed E-state index contributed by atoms with van der Waals surface area (Å²) in [6.07, 6.45) is 0.873. The lowest BCUT2D eigenvalue weighted by atomic mass is 10.2. The highest BCUT2D eigenvalue weighted by Crippen LogP contribution is 2.11. The fourth-order valence-corrected chi connectivity index (χ4v) is 1.84. The van der Waals surface area contributed by atoms with E-state index in [0.29, 0.717) is 12.2 Å². The minimum Gasteiger partial charge on any atom is -0.321 e. The van der Waals surface area contributed by atoms with Gasteiger partial charge in [-0.3, -0.25) is 4.79 Å². The van der Waals surface area contributed by atoms with Gasteiger partial charge in [-0.2, -0.15) is 0 Å². The predicted molar refractivity (Wildman–Crippen MR) is 62.6 cm³/mol. The molecule has 82 valence electrons. The summed E-state index contributed by atoms with van der Waals surface area (Å²) >= 11 is 0. The Morgan fingerprint density at radius 1 is 1.25 bits per heavy atom. The van der Waals surface area contributed by atoms with E-state index < -0.39 is 0 Å². The van der Waals surface area contributed by atoms with Crippen molar-refractivity contribution in [2.45, 2.75) is 20.4 Å². The van der Waals surface area contributed by atoms with Gasteiger partial charge in [-0.05, 0) is 19.4 Å². The number of rotatable bonds is 3. The third-order valence-corrected chi connectivity index (χ3v) is 2.68. The molecule has 1 aromatic carbocycles. The quantitative estimate of drug-likeness (QED) is 0.735. The van der Waals surface area contributed by atoms with Crippen molar-refractivity contribution in [1.29, 1.82) is 0 Å². The predicted octanol–water partition coefficient (Wildman–Crippen LogP) is 2.36. The molecule has 0 saturated heterocycles. The number of hydrogen-bond donors (Lipinski definition) is 0. The second-order valence-electron chi connectivity index (χ2n) is 3.82. The van der Waals surface area contributed by atoms with E-state index in [4.69, 9.17) is 0 Å². The number of aromatic nitrogens is 2. The van der Waals surface area contributed by atoms with Gasteiger partial charge in [0.05, 0.1) is 5.69 Å². The van der Waals surface area contributed by atoms with Crippen LogP contribution in [0.5, 0.6) is 0 Å². The summed E-state index contributed by atoms with van der Waals surface area (Å²) in [4.78, 5) is 15.3. The van der Waals surface area contributed by atoms with Crippen LogP contribution in [0.1, 0.15) is 27.6 Å². The number of carbonyl (C=O) groups excluding carboxylic acids is 1. The van der Waals surface area contributed by atoms with Crippen molar-refractivity contribution in [2.24, 2.45) is 0 Å². The fourth-order valence-electron chi connectivity index (χ4n) is 1.84. The van der Waals surface area contributed by atoms with Crippen LogP contribution in [0.15, 0.2) is 30.3 Å². The van der Waals surface area contributed by atoms with Crippen LogP contribution >= 0.6 is 0 Å². The molecule has 1 aromatic heterocycles. The highest BCUT2D eigenvalue weighted by molar-refractivity contribution is 5.74. The van der Waals surface area contributed by atoms with E-state index in [9.17, 15) is 4.79 Å². The van der Waals surface area contributed by atoms with Crippen LogP contribution < -0.4 is 0 Å². The zero-order valence-electron chi connectivity index (χ0n) is 9.47. The van der Waals surface area contributed by atoms with Gasteiger partial charge in [-0.15, -0.1) is 0 Å². The molecule has 0 N–H and O–H groups in total. The first-order valence-corrected chi connectivity index (χ1v) is 5.25. The average molecular weight is 214 g/mol. The lowest BCUT2D eigenvalue weighted by Gasteiger charge is -2.07. The number of hydrogen-bond acceptors (Lipinski definition) is 2. The van der Waals surface area contributed by atoms with E-state index in [1.165, 1.54) is 5.56 Å². The molecule has 0 aliphatic carbocycles. The zero-order valence-corrected chi connectivity index (χ0v) is 9.47. The van der Waals surface area contributed by atoms with Gasteiger partial charge >= 0.3 is 0 Å². The topological polar surface area (TPSA) is 34.9 Å². The van der Waals surface area contributed by atoms with Gasteiger partial charge in [0.25, 0.3) is 0 Å². The van der Waals surface area contributed by atoms with E-state index in [0.717, 1.165) is 17.8 Å². The molecule has 3 heteroatoms. The number of benzene rings is 1. The summed E-state index contributed by atoms with van der Waals surface area (Å²) in [5.41, 5.74) is 2.64. The molecule has 2 rings (SSSR count). The maximum Gasteiger partial charge on any atom is 0.168 e. The third kappa shape index (κ3) is 1.89. The first kappa shape index (κ1) is 10.6. The monoisotopic (exact) mass is 214 g/mol. The van der Waals surface area contributed by atoms with Crippen molar-refractivity contribution in [3.05, 3.63) is 53.1 Å². The van der Waals surface area contributed by atoms with E-state index in [-0.39, 0.29) is 0 Å². The Hall–Kier alpha value is -1.90. The number of nitrogens with zero attached hydrogens (tertiary/aromatic N) is 2. The van der Waals surface area contributed by atoms with Crippen molar-refractivity contribution >= 4 is 6.29 Å². The maximum atomic E-state index is 11.0. The zero-order chi connectivity index (χ0) is 11.5. The van der Waals surface area contributed by atoms with E-state index in [1.807, 2.05) is 48.7 Å². The van der Waals surface area contributed by atoms with Crippen LogP contribution in [-0.2, 0) is 6.54 Å². The highest BCUT2D eigenvalue weighted by atomic mass is 16.1. The molecule has 16 heavy (non-hydrogen) atoms. The normalized spacial score (nSPS) is 10.4. The number of imidazole rings is 1. The lowest BCUT2D eigenvalue weighted by molar-refractivity contribution is 0.111. The molecule has 0 aliphatic heterocycles. The summed E-state index contributed by atoms with van der Waals surface area (Å²) in [7, 11) is 0. The third-order valence-electron chi connectivity index (χ3n) is 2.68. The Morgan fingerprint density at radius 2 is 1.94 bits per heavy atom. The van der Waals surface area contributed by atoms with Gasteiger partial charge in [-0.1, -0.05) is 30.3 Å². The Kier molecular flexibility index (Phi) is 2.86. The second-order valence-corrected chi connectivity index (χ2v) is 3.82. The van der Waals surface area contributed by atoms with Crippen molar-refractivity contribution in [2.75, 3.05) is 0 Å². The molecule has 0 aliphatic rings. The Morgan fingerprint density at radius 3 is 2.56 bits per heavy atom. The number of aryl methyl sites for hydroxylation is 2. The molecule has 2 aromatic rings. The number of aldehydes is 1. The van der Waals surface area contributed by atoms with Gasteiger partial charge in [0.1, 0.15) is 11.5 Å². The van der Waals surface area contributed by atoms with Crippen molar-refractivity contribution < 1.29 is 4.79 Å². The van der Waals surface area contributed by atoms with Crippen molar-refractivity contribution in [1.82, 2.24) is 9.55 Å². The molecule has 0 atom stereocenters.